The minimum Gasteiger partial charge on any atom is -0.391 e. The Bertz CT molecular complexity index is 502. The van der Waals surface area contributed by atoms with Gasteiger partial charge in [-0.2, -0.15) is 0 Å². The van der Waals surface area contributed by atoms with E-state index in [1.54, 1.807) is 6.33 Å². The number of hydrogen-bond acceptors (Lipinski definition) is 2. The third-order valence-corrected chi connectivity index (χ3v) is 2.98. The van der Waals surface area contributed by atoms with E-state index in [-0.39, 0.29) is 6.04 Å². The summed E-state index contributed by atoms with van der Waals surface area (Å²) in [6.07, 6.45) is 3.23. The maximum atomic E-state index is 9.82. The van der Waals surface area contributed by atoms with E-state index >= 15 is 0 Å². The van der Waals surface area contributed by atoms with Crippen molar-refractivity contribution in [3.8, 4) is 11.3 Å². The molecule has 1 aromatic carbocycles. The minimum atomic E-state index is -0.401. The van der Waals surface area contributed by atoms with Crippen LogP contribution in [-0.2, 0) is 0 Å². The molecule has 3 nitrogen and oxygen atoms in total. The summed E-state index contributed by atoms with van der Waals surface area (Å²) in [5.74, 6) is 0. The summed E-state index contributed by atoms with van der Waals surface area (Å²) in [7, 11) is 0. The van der Waals surface area contributed by atoms with Gasteiger partial charge < -0.3 is 9.67 Å². The summed E-state index contributed by atoms with van der Waals surface area (Å²) in [6.45, 7) is 1.82. The number of benzene rings is 1. The van der Waals surface area contributed by atoms with Gasteiger partial charge in [-0.15, -0.1) is 0 Å². The summed E-state index contributed by atoms with van der Waals surface area (Å²) in [5.41, 5.74) is 3.46. The van der Waals surface area contributed by atoms with Gasteiger partial charge in [-0.3, -0.25) is 0 Å². The van der Waals surface area contributed by atoms with Crippen molar-refractivity contribution in [1.29, 1.82) is 0 Å². The van der Waals surface area contributed by atoms with Gasteiger partial charge in [0.1, 0.15) is 0 Å². The zero-order valence-electron chi connectivity index (χ0n) is 8.46. The van der Waals surface area contributed by atoms with Crippen LogP contribution in [0.15, 0.2) is 36.8 Å². The van der Waals surface area contributed by atoms with E-state index in [2.05, 4.69) is 17.1 Å². The SMILES string of the molecule is C[C@H](O)[C@@H]1c2ccccc2-c2cncn21. The van der Waals surface area contributed by atoms with Gasteiger partial charge in [-0.05, 0) is 12.5 Å². The Kier molecular flexibility index (Phi) is 1.70. The molecule has 1 N–H and O–H groups in total. The lowest BCUT2D eigenvalue weighted by Crippen LogP contribution is -2.18. The van der Waals surface area contributed by atoms with E-state index in [4.69, 9.17) is 0 Å². The monoisotopic (exact) mass is 200 g/mol. The van der Waals surface area contributed by atoms with E-state index in [1.807, 2.05) is 29.8 Å². The second kappa shape index (κ2) is 2.94. The Hall–Kier alpha value is -1.61. The molecular weight excluding hydrogens is 188 g/mol. The molecule has 0 bridgehead atoms. The number of aromatic nitrogens is 2. The lowest BCUT2D eigenvalue weighted by atomic mass is 10.0. The molecule has 1 aromatic heterocycles. The number of aliphatic hydroxyl groups is 1. The van der Waals surface area contributed by atoms with E-state index < -0.39 is 6.10 Å². The number of rotatable bonds is 1. The van der Waals surface area contributed by atoms with Crippen molar-refractivity contribution in [2.45, 2.75) is 19.1 Å². The molecule has 3 heteroatoms. The highest BCUT2D eigenvalue weighted by Gasteiger charge is 2.30. The number of imidazole rings is 1. The van der Waals surface area contributed by atoms with Gasteiger partial charge in [0.15, 0.2) is 0 Å². The largest absolute Gasteiger partial charge is 0.391 e. The number of hydrogen-bond donors (Lipinski definition) is 1. The van der Waals surface area contributed by atoms with Gasteiger partial charge in [0, 0.05) is 5.56 Å². The fraction of sp³-hybridized carbons (Fsp3) is 0.250. The summed E-state index contributed by atoms with van der Waals surface area (Å²) in [5, 5.41) is 9.82. The first-order valence-electron chi connectivity index (χ1n) is 5.08. The third-order valence-electron chi connectivity index (χ3n) is 2.98. The van der Waals surface area contributed by atoms with Crippen LogP contribution in [-0.4, -0.2) is 20.8 Å². The predicted molar refractivity (Wildman–Crippen MR) is 57.5 cm³/mol. The highest BCUT2D eigenvalue weighted by molar-refractivity contribution is 5.69. The fourth-order valence-corrected chi connectivity index (χ4v) is 2.37. The Morgan fingerprint density at radius 3 is 3.00 bits per heavy atom. The first kappa shape index (κ1) is 8.68. The Labute approximate surface area is 88.0 Å². The summed E-state index contributed by atoms with van der Waals surface area (Å²) >= 11 is 0. The molecule has 0 radical (unpaired) electrons. The molecule has 0 amide bonds. The zero-order valence-corrected chi connectivity index (χ0v) is 8.46. The molecule has 1 aliphatic rings. The Balaban J connectivity index is 2.28. The standard InChI is InChI=1S/C12H12N2O/c1-8(15)12-10-5-3-2-4-9(10)11-6-13-7-14(11)12/h2-8,12,15H,1H3/t8-,12+/m0/s1. The van der Waals surface area contributed by atoms with Crippen LogP contribution in [0.25, 0.3) is 11.3 Å². The molecule has 2 heterocycles. The van der Waals surface area contributed by atoms with Crippen LogP contribution in [0.3, 0.4) is 0 Å². The molecule has 0 unspecified atom stereocenters. The smallest absolute Gasteiger partial charge is 0.0957 e. The third kappa shape index (κ3) is 1.07. The van der Waals surface area contributed by atoms with Crippen molar-refractivity contribution in [1.82, 2.24) is 9.55 Å². The van der Waals surface area contributed by atoms with Gasteiger partial charge in [0.25, 0.3) is 0 Å². The molecule has 1 aliphatic heterocycles. The fourth-order valence-electron chi connectivity index (χ4n) is 2.37. The van der Waals surface area contributed by atoms with Gasteiger partial charge in [0.05, 0.1) is 30.4 Å². The van der Waals surface area contributed by atoms with Gasteiger partial charge in [-0.25, -0.2) is 4.98 Å². The quantitative estimate of drug-likeness (QED) is 0.762. The average molecular weight is 200 g/mol. The zero-order chi connectivity index (χ0) is 10.4. The summed E-state index contributed by atoms with van der Waals surface area (Å²) in [4.78, 5) is 4.13. The van der Waals surface area contributed by atoms with Gasteiger partial charge in [-0.1, -0.05) is 24.3 Å². The first-order chi connectivity index (χ1) is 7.29. The molecule has 0 saturated carbocycles. The molecule has 0 spiro atoms. The summed E-state index contributed by atoms with van der Waals surface area (Å²) < 4.78 is 2.04. The highest BCUT2D eigenvalue weighted by Crippen LogP contribution is 2.40. The topological polar surface area (TPSA) is 38.1 Å². The molecule has 3 rings (SSSR count). The Morgan fingerprint density at radius 2 is 2.20 bits per heavy atom. The van der Waals surface area contributed by atoms with Gasteiger partial charge in [0.2, 0.25) is 0 Å². The molecule has 76 valence electrons. The maximum Gasteiger partial charge on any atom is 0.0957 e. The van der Waals surface area contributed by atoms with Crippen LogP contribution in [0.1, 0.15) is 18.5 Å². The Morgan fingerprint density at radius 1 is 1.40 bits per heavy atom. The molecular formula is C12H12N2O. The van der Waals surface area contributed by atoms with Crippen LogP contribution in [0.2, 0.25) is 0 Å². The van der Waals surface area contributed by atoms with Crippen molar-refractivity contribution < 1.29 is 5.11 Å². The van der Waals surface area contributed by atoms with Gasteiger partial charge >= 0.3 is 0 Å². The predicted octanol–water partition coefficient (Wildman–Crippen LogP) is 1.83. The van der Waals surface area contributed by atoms with Crippen LogP contribution in [0.5, 0.6) is 0 Å². The van der Waals surface area contributed by atoms with Crippen LogP contribution in [0.4, 0.5) is 0 Å². The first-order valence-corrected chi connectivity index (χ1v) is 5.08. The molecule has 0 aliphatic carbocycles. The van der Waals surface area contributed by atoms with Crippen LogP contribution >= 0.6 is 0 Å². The molecule has 2 atom stereocenters. The summed E-state index contributed by atoms with van der Waals surface area (Å²) in [6, 6.07) is 8.18. The number of aliphatic hydroxyl groups excluding tert-OH is 1. The van der Waals surface area contributed by atoms with E-state index in [0.717, 1.165) is 5.69 Å². The highest BCUT2D eigenvalue weighted by atomic mass is 16.3. The molecule has 15 heavy (non-hydrogen) atoms. The van der Waals surface area contributed by atoms with Crippen molar-refractivity contribution in [2.75, 3.05) is 0 Å². The molecule has 2 aromatic rings. The van der Waals surface area contributed by atoms with E-state index in [1.165, 1.54) is 11.1 Å². The maximum absolute atomic E-state index is 9.82. The van der Waals surface area contributed by atoms with Crippen molar-refractivity contribution in [3.05, 3.63) is 42.4 Å². The molecule has 0 saturated heterocycles. The van der Waals surface area contributed by atoms with Crippen molar-refractivity contribution in [2.24, 2.45) is 0 Å². The van der Waals surface area contributed by atoms with Crippen molar-refractivity contribution in [3.63, 3.8) is 0 Å². The van der Waals surface area contributed by atoms with Crippen LogP contribution < -0.4 is 0 Å². The lowest BCUT2D eigenvalue weighted by Gasteiger charge is -2.17. The van der Waals surface area contributed by atoms with E-state index in [9.17, 15) is 5.11 Å². The normalized spacial score (nSPS) is 19.7. The van der Waals surface area contributed by atoms with E-state index in [0.29, 0.717) is 0 Å². The van der Waals surface area contributed by atoms with Crippen LogP contribution in [0, 0.1) is 0 Å². The number of nitrogens with zero attached hydrogens (tertiary/aromatic N) is 2. The molecule has 0 fully saturated rings. The lowest BCUT2D eigenvalue weighted by molar-refractivity contribution is 0.152. The average Bonchev–Trinajstić information content (AvgIpc) is 2.75. The van der Waals surface area contributed by atoms with Crippen molar-refractivity contribution >= 4 is 0 Å². The minimum absolute atomic E-state index is 0.0127. The second-order valence-electron chi connectivity index (χ2n) is 3.96. The number of fused-ring (bicyclic) bond motifs is 3. The second-order valence-corrected chi connectivity index (χ2v) is 3.96.